The molecule has 5 rings (SSSR count). The predicted octanol–water partition coefficient (Wildman–Crippen LogP) is 1.15. The van der Waals surface area contributed by atoms with Gasteiger partial charge in [0, 0.05) is 22.7 Å². The first-order chi connectivity index (χ1) is 12.9. The molecule has 0 aromatic heterocycles. The minimum Gasteiger partial charge on any atom is -0.398 e. The Kier molecular flexibility index (Phi) is 3.63. The highest BCUT2D eigenvalue weighted by atomic mass is 16.5. The summed E-state index contributed by atoms with van der Waals surface area (Å²) in [5.74, 6) is -0.227. The molecule has 2 unspecified atom stereocenters. The number of nitrogens with zero attached hydrogens (tertiary/aromatic N) is 1. The van der Waals surface area contributed by atoms with Crippen LogP contribution in [0.4, 0.5) is 0 Å². The predicted molar refractivity (Wildman–Crippen MR) is 102 cm³/mol. The summed E-state index contributed by atoms with van der Waals surface area (Å²) in [5.41, 5.74) is 20.6. The second kappa shape index (κ2) is 5.74. The Balaban J connectivity index is 1.19. The van der Waals surface area contributed by atoms with Crippen LogP contribution in [0.5, 0.6) is 0 Å². The van der Waals surface area contributed by atoms with Gasteiger partial charge < -0.3 is 27.3 Å². The van der Waals surface area contributed by atoms with E-state index < -0.39 is 5.91 Å². The lowest BCUT2D eigenvalue weighted by Gasteiger charge is -2.26. The van der Waals surface area contributed by atoms with Gasteiger partial charge in [-0.15, -0.1) is 0 Å². The summed E-state index contributed by atoms with van der Waals surface area (Å²) in [7, 11) is 0. The highest BCUT2D eigenvalue weighted by Gasteiger charge is 2.93. The van der Waals surface area contributed by atoms with Crippen LogP contribution >= 0.6 is 0 Å². The molecule has 0 aromatic carbocycles. The standard InChI is InChI=1S/C20H29N5O2/c21-15(16-19-7-8-20(16,19)10-19)14(17(22)26)9-24-18(23)25-11-1-3-12(4-2-11)27-13-5-6-13/h9,11-13H,1-8,10,21H2,(H2,22,26)(H3,23,24,25)/b14-9+,16-15?. The van der Waals surface area contributed by atoms with E-state index in [1.165, 1.54) is 43.9 Å². The fraction of sp³-hybridized carbons (Fsp3) is 0.700. The third-order valence-corrected chi connectivity index (χ3v) is 7.33. The van der Waals surface area contributed by atoms with Crippen molar-refractivity contribution in [3.05, 3.63) is 23.0 Å². The average molecular weight is 371 g/mol. The van der Waals surface area contributed by atoms with Crippen LogP contribution < -0.4 is 22.5 Å². The number of aliphatic imine (C=N–C) groups is 1. The summed E-state index contributed by atoms with van der Waals surface area (Å²) >= 11 is 0. The lowest BCUT2D eigenvalue weighted by Crippen LogP contribution is -2.33. The number of hydrogen-bond acceptors (Lipinski definition) is 4. The molecule has 0 bridgehead atoms. The first-order valence-electron chi connectivity index (χ1n) is 10.2. The second-order valence-electron chi connectivity index (χ2n) is 8.98. The van der Waals surface area contributed by atoms with Gasteiger partial charge in [0.05, 0.1) is 23.8 Å². The van der Waals surface area contributed by atoms with Crippen LogP contribution in [-0.2, 0) is 9.53 Å². The van der Waals surface area contributed by atoms with E-state index in [4.69, 9.17) is 21.9 Å². The molecule has 0 saturated heterocycles. The van der Waals surface area contributed by atoms with Crippen LogP contribution in [0.25, 0.3) is 0 Å². The van der Waals surface area contributed by atoms with Gasteiger partial charge in [-0.1, -0.05) is 0 Å². The Bertz CT molecular complexity index is 749. The molecule has 5 fully saturated rings. The zero-order valence-electron chi connectivity index (χ0n) is 15.7. The van der Waals surface area contributed by atoms with Gasteiger partial charge in [-0.25, -0.2) is 4.99 Å². The van der Waals surface area contributed by atoms with Crippen LogP contribution in [0.1, 0.15) is 57.8 Å². The van der Waals surface area contributed by atoms with Gasteiger partial charge in [0.15, 0.2) is 5.96 Å². The molecular formula is C20H29N5O2. The van der Waals surface area contributed by atoms with E-state index in [1.54, 1.807) is 0 Å². The molecule has 0 heterocycles. The molecule has 7 nitrogen and oxygen atoms in total. The van der Waals surface area contributed by atoms with Crippen LogP contribution in [0.3, 0.4) is 0 Å². The fourth-order valence-electron chi connectivity index (χ4n) is 5.43. The second-order valence-corrected chi connectivity index (χ2v) is 8.98. The number of carbonyl (C=O) groups is 1. The molecule has 2 atom stereocenters. The van der Waals surface area contributed by atoms with Gasteiger partial charge in [0.1, 0.15) is 0 Å². The highest BCUT2D eigenvalue weighted by molar-refractivity contribution is 5.98. The molecule has 0 aromatic rings. The molecule has 5 aliphatic rings. The first kappa shape index (κ1) is 17.1. The Morgan fingerprint density at radius 1 is 1.04 bits per heavy atom. The minimum absolute atomic E-state index is 0.197. The molecule has 1 amide bonds. The van der Waals surface area contributed by atoms with Crippen molar-refractivity contribution in [3.8, 4) is 0 Å². The molecule has 0 radical (unpaired) electrons. The van der Waals surface area contributed by atoms with Gasteiger partial charge in [-0.3, -0.25) is 4.79 Å². The van der Waals surface area contributed by atoms with Crippen LogP contribution in [0.2, 0.25) is 0 Å². The van der Waals surface area contributed by atoms with E-state index in [0.717, 1.165) is 25.7 Å². The summed E-state index contributed by atoms with van der Waals surface area (Å²) in [5, 5.41) is 2.92. The molecule has 146 valence electrons. The Hall–Kier alpha value is -2.02. The quantitative estimate of drug-likeness (QED) is 0.316. The van der Waals surface area contributed by atoms with Gasteiger partial charge in [0.2, 0.25) is 0 Å². The maximum absolute atomic E-state index is 11.9. The van der Waals surface area contributed by atoms with Crippen molar-refractivity contribution >= 4 is 11.9 Å². The topological polar surface area (TPSA) is 129 Å². The van der Waals surface area contributed by atoms with Crippen molar-refractivity contribution < 1.29 is 9.53 Å². The van der Waals surface area contributed by atoms with Crippen molar-refractivity contribution in [3.63, 3.8) is 0 Å². The normalized spacial score (nSPS) is 39.8. The number of carbonyl (C=O) groups excluding carboxylic acids is 1. The summed E-state index contributed by atoms with van der Waals surface area (Å²) in [6.45, 7) is 0. The smallest absolute Gasteiger partial charge is 0.252 e. The lowest BCUT2D eigenvalue weighted by molar-refractivity contribution is -0.114. The fourth-order valence-corrected chi connectivity index (χ4v) is 5.43. The van der Waals surface area contributed by atoms with Gasteiger partial charge in [-0.2, -0.15) is 0 Å². The van der Waals surface area contributed by atoms with E-state index in [0.29, 0.717) is 40.3 Å². The van der Waals surface area contributed by atoms with Crippen molar-refractivity contribution in [1.29, 1.82) is 0 Å². The molecule has 0 spiro atoms. The molecule has 0 aliphatic heterocycles. The molecule has 5 saturated carbocycles. The summed E-state index contributed by atoms with van der Waals surface area (Å²) < 4.78 is 5.97. The Morgan fingerprint density at radius 2 is 1.63 bits per heavy atom. The van der Waals surface area contributed by atoms with Gasteiger partial charge >= 0.3 is 0 Å². The van der Waals surface area contributed by atoms with E-state index in [9.17, 15) is 4.79 Å². The number of guanidine groups is 1. The van der Waals surface area contributed by atoms with Crippen molar-refractivity contribution in [2.24, 2.45) is 33.0 Å². The summed E-state index contributed by atoms with van der Waals surface area (Å²) in [4.78, 5) is 16.4. The number of amides is 1. The SMILES string of the molecule is NC(=O)/C(=C/NC(N)=NC1CCC(OC2CC2)CC1)C(N)=C1C23CCC12C3. The highest BCUT2D eigenvalue weighted by Crippen LogP contribution is 3.01. The van der Waals surface area contributed by atoms with Crippen molar-refractivity contribution in [1.82, 2.24) is 5.32 Å². The summed E-state index contributed by atoms with van der Waals surface area (Å²) in [6, 6.07) is 0.197. The molecule has 27 heavy (non-hydrogen) atoms. The van der Waals surface area contributed by atoms with Crippen LogP contribution in [-0.4, -0.2) is 30.1 Å². The van der Waals surface area contributed by atoms with E-state index in [2.05, 4.69) is 10.3 Å². The molecular weight excluding hydrogens is 342 g/mol. The van der Waals surface area contributed by atoms with E-state index in [1.807, 2.05) is 0 Å². The van der Waals surface area contributed by atoms with Crippen LogP contribution in [0, 0.1) is 10.8 Å². The molecule has 7 heteroatoms. The van der Waals surface area contributed by atoms with Crippen LogP contribution in [0.15, 0.2) is 28.0 Å². The third kappa shape index (κ3) is 2.66. The van der Waals surface area contributed by atoms with E-state index >= 15 is 0 Å². The number of nitrogens with two attached hydrogens (primary N) is 3. The third-order valence-electron chi connectivity index (χ3n) is 7.33. The van der Waals surface area contributed by atoms with Crippen molar-refractivity contribution in [2.75, 3.05) is 0 Å². The van der Waals surface area contributed by atoms with Gasteiger partial charge in [0.25, 0.3) is 5.91 Å². The number of allylic oxidation sites excluding steroid dienone is 1. The lowest BCUT2D eigenvalue weighted by atomic mass is 9.93. The number of nitrogens with one attached hydrogen (secondary N) is 1. The monoisotopic (exact) mass is 371 g/mol. The number of hydrogen-bond donors (Lipinski definition) is 4. The van der Waals surface area contributed by atoms with E-state index in [-0.39, 0.29) is 6.04 Å². The minimum atomic E-state index is -0.531. The average Bonchev–Trinajstić information content (AvgIpc) is 3.50. The first-order valence-corrected chi connectivity index (χ1v) is 10.2. The van der Waals surface area contributed by atoms with Gasteiger partial charge in [-0.05, 0) is 63.4 Å². The maximum atomic E-state index is 11.9. The largest absolute Gasteiger partial charge is 0.398 e. The Labute approximate surface area is 159 Å². The molecule has 5 aliphatic carbocycles. The zero-order chi connectivity index (χ0) is 18.8. The summed E-state index contributed by atoms with van der Waals surface area (Å²) in [6.07, 6.45) is 12.5. The zero-order valence-corrected chi connectivity index (χ0v) is 15.7. The number of rotatable bonds is 6. The maximum Gasteiger partial charge on any atom is 0.252 e. The number of primary amides is 1. The molecule has 7 N–H and O–H groups in total. The Morgan fingerprint density at radius 3 is 2.11 bits per heavy atom. The number of ether oxygens (including phenoxy) is 1. The van der Waals surface area contributed by atoms with Crippen molar-refractivity contribution in [2.45, 2.75) is 76.0 Å².